The molecule has 1 aromatic carbocycles. The smallest absolute Gasteiger partial charge is 0.407 e. The molecular weight excluding hydrogens is 278 g/mol. The lowest BCUT2D eigenvalue weighted by Crippen LogP contribution is -2.33. The summed E-state index contributed by atoms with van der Waals surface area (Å²) in [6.45, 7) is 8.11. The predicted molar refractivity (Wildman–Crippen MR) is 86.2 cm³/mol. The molecule has 1 N–H and O–H groups in total. The molecule has 0 atom stereocenters. The van der Waals surface area contributed by atoms with Crippen LogP contribution >= 0.6 is 0 Å². The van der Waals surface area contributed by atoms with Crippen molar-refractivity contribution in [3.8, 4) is 5.69 Å². The van der Waals surface area contributed by atoms with E-state index in [1.807, 2.05) is 43.7 Å². The second-order valence-electron chi connectivity index (χ2n) is 6.27. The van der Waals surface area contributed by atoms with Gasteiger partial charge in [-0.1, -0.05) is 12.1 Å². The number of imidazole rings is 1. The molecule has 5 nitrogen and oxygen atoms in total. The minimum absolute atomic E-state index is 0.394. The van der Waals surface area contributed by atoms with Gasteiger partial charge in [-0.05, 0) is 45.4 Å². The van der Waals surface area contributed by atoms with Gasteiger partial charge in [0.2, 0.25) is 0 Å². The average Bonchev–Trinajstić information content (AvgIpc) is 2.85. The van der Waals surface area contributed by atoms with Crippen LogP contribution < -0.4 is 5.32 Å². The predicted octanol–water partition coefficient (Wildman–Crippen LogP) is 3.25. The topological polar surface area (TPSA) is 56.2 Å². The zero-order valence-electron chi connectivity index (χ0n) is 13.6. The minimum atomic E-state index is -0.479. The molecule has 118 valence electrons. The van der Waals surface area contributed by atoms with E-state index in [0.29, 0.717) is 13.0 Å². The number of nitrogens with zero attached hydrogens (tertiary/aromatic N) is 2. The van der Waals surface area contributed by atoms with Gasteiger partial charge in [-0.15, -0.1) is 0 Å². The zero-order chi connectivity index (χ0) is 16.2. The van der Waals surface area contributed by atoms with E-state index in [0.717, 1.165) is 11.4 Å². The summed E-state index contributed by atoms with van der Waals surface area (Å²) in [4.78, 5) is 15.8. The van der Waals surface area contributed by atoms with Crippen LogP contribution in [0.5, 0.6) is 0 Å². The number of hydrogen-bond acceptors (Lipinski definition) is 3. The van der Waals surface area contributed by atoms with Crippen molar-refractivity contribution in [3.05, 3.63) is 48.0 Å². The highest BCUT2D eigenvalue weighted by Crippen LogP contribution is 2.13. The standard InChI is InChI=1S/C17H23N3O2/c1-13-6-5-7-14(10-13)20-12-18-11-15(20)8-9-19-16(21)22-17(2,3)4/h5-7,10-12H,8-9H2,1-4H3,(H,19,21). The first-order chi connectivity index (χ1) is 10.3. The molecule has 0 spiro atoms. The molecule has 0 fully saturated rings. The Hall–Kier alpha value is -2.30. The summed E-state index contributed by atoms with van der Waals surface area (Å²) < 4.78 is 7.25. The van der Waals surface area contributed by atoms with E-state index in [1.54, 1.807) is 6.33 Å². The molecule has 0 bridgehead atoms. The highest BCUT2D eigenvalue weighted by molar-refractivity contribution is 5.67. The lowest BCUT2D eigenvalue weighted by molar-refractivity contribution is 0.0528. The van der Waals surface area contributed by atoms with Crippen molar-refractivity contribution in [3.63, 3.8) is 0 Å². The Kier molecular flexibility index (Phi) is 4.85. The number of aryl methyl sites for hydroxylation is 1. The number of carbonyl (C=O) groups is 1. The number of ether oxygens (including phenoxy) is 1. The van der Waals surface area contributed by atoms with Gasteiger partial charge >= 0.3 is 6.09 Å². The molecule has 0 saturated heterocycles. The monoisotopic (exact) mass is 301 g/mol. The van der Waals surface area contributed by atoms with Gasteiger partial charge in [0, 0.05) is 30.5 Å². The van der Waals surface area contributed by atoms with Crippen molar-refractivity contribution < 1.29 is 9.53 Å². The maximum absolute atomic E-state index is 11.6. The van der Waals surface area contributed by atoms with Crippen LogP contribution in [-0.4, -0.2) is 27.8 Å². The molecule has 22 heavy (non-hydrogen) atoms. The number of alkyl carbamates (subject to hydrolysis) is 1. The molecule has 1 amide bonds. The maximum atomic E-state index is 11.6. The number of amides is 1. The fraction of sp³-hybridized carbons (Fsp3) is 0.412. The van der Waals surface area contributed by atoms with E-state index >= 15 is 0 Å². The van der Waals surface area contributed by atoms with Gasteiger partial charge in [-0.2, -0.15) is 0 Å². The van der Waals surface area contributed by atoms with Gasteiger partial charge in [-0.25, -0.2) is 9.78 Å². The lowest BCUT2D eigenvalue weighted by Gasteiger charge is -2.19. The fourth-order valence-corrected chi connectivity index (χ4v) is 2.12. The average molecular weight is 301 g/mol. The van der Waals surface area contributed by atoms with Crippen LogP contribution in [0.15, 0.2) is 36.8 Å². The number of rotatable bonds is 4. The molecule has 0 unspecified atom stereocenters. The number of aromatic nitrogens is 2. The molecule has 0 saturated carbocycles. The van der Waals surface area contributed by atoms with Crippen molar-refractivity contribution >= 4 is 6.09 Å². The molecule has 0 aliphatic carbocycles. The maximum Gasteiger partial charge on any atom is 0.407 e. The normalized spacial score (nSPS) is 11.3. The molecular formula is C17H23N3O2. The van der Waals surface area contributed by atoms with E-state index in [-0.39, 0.29) is 0 Å². The Balaban J connectivity index is 1.95. The van der Waals surface area contributed by atoms with Crippen LogP contribution in [0.25, 0.3) is 5.69 Å². The molecule has 1 aromatic heterocycles. The zero-order valence-corrected chi connectivity index (χ0v) is 13.6. The highest BCUT2D eigenvalue weighted by Gasteiger charge is 2.15. The van der Waals surface area contributed by atoms with Crippen LogP contribution in [0.1, 0.15) is 32.0 Å². The summed E-state index contributed by atoms with van der Waals surface area (Å²) >= 11 is 0. The lowest BCUT2D eigenvalue weighted by atomic mass is 10.2. The summed E-state index contributed by atoms with van der Waals surface area (Å²) in [6, 6.07) is 8.23. The summed E-state index contributed by atoms with van der Waals surface area (Å²) in [6.07, 6.45) is 3.90. The fourth-order valence-electron chi connectivity index (χ4n) is 2.12. The van der Waals surface area contributed by atoms with Crippen molar-refractivity contribution in [1.29, 1.82) is 0 Å². The first-order valence-corrected chi connectivity index (χ1v) is 7.40. The van der Waals surface area contributed by atoms with Crippen LogP contribution in [-0.2, 0) is 11.2 Å². The minimum Gasteiger partial charge on any atom is -0.444 e. The molecule has 5 heteroatoms. The number of nitrogens with one attached hydrogen (secondary N) is 1. The Morgan fingerprint density at radius 1 is 1.36 bits per heavy atom. The van der Waals surface area contributed by atoms with Crippen molar-refractivity contribution in [1.82, 2.24) is 14.9 Å². The Morgan fingerprint density at radius 3 is 2.82 bits per heavy atom. The van der Waals surface area contributed by atoms with E-state index in [9.17, 15) is 4.79 Å². The third-order valence-corrected chi connectivity index (χ3v) is 3.04. The Labute approximate surface area is 131 Å². The van der Waals surface area contributed by atoms with Gasteiger partial charge < -0.3 is 14.6 Å². The van der Waals surface area contributed by atoms with Gasteiger partial charge in [0.05, 0.1) is 6.33 Å². The van der Waals surface area contributed by atoms with Gasteiger partial charge in [-0.3, -0.25) is 0 Å². The van der Waals surface area contributed by atoms with E-state index in [4.69, 9.17) is 4.74 Å². The van der Waals surface area contributed by atoms with Crippen molar-refractivity contribution in [2.45, 2.75) is 39.7 Å². The van der Waals surface area contributed by atoms with Crippen molar-refractivity contribution in [2.75, 3.05) is 6.54 Å². The second-order valence-corrected chi connectivity index (χ2v) is 6.27. The third-order valence-electron chi connectivity index (χ3n) is 3.04. The first-order valence-electron chi connectivity index (χ1n) is 7.40. The Bertz CT molecular complexity index is 641. The van der Waals surface area contributed by atoms with E-state index < -0.39 is 11.7 Å². The number of carbonyl (C=O) groups excluding carboxylic acids is 1. The molecule has 2 aromatic rings. The quantitative estimate of drug-likeness (QED) is 0.943. The summed E-state index contributed by atoms with van der Waals surface area (Å²) in [7, 11) is 0. The number of hydrogen-bond donors (Lipinski definition) is 1. The largest absolute Gasteiger partial charge is 0.444 e. The van der Waals surface area contributed by atoms with Crippen LogP contribution in [0.3, 0.4) is 0 Å². The number of benzene rings is 1. The molecule has 0 aliphatic rings. The van der Waals surface area contributed by atoms with Crippen LogP contribution in [0, 0.1) is 6.92 Å². The van der Waals surface area contributed by atoms with Gasteiger partial charge in [0.1, 0.15) is 5.60 Å². The summed E-state index contributed by atoms with van der Waals surface area (Å²) in [5, 5.41) is 2.77. The molecule has 1 heterocycles. The van der Waals surface area contributed by atoms with Gasteiger partial charge in [0.25, 0.3) is 0 Å². The SMILES string of the molecule is Cc1cccc(-n2cncc2CCNC(=O)OC(C)(C)C)c1. The Morgan fingerprint density at radius 2 is 2.14 bits per heavy atom. The van der Waals surface area contributed by atoms with Crippen molar-refractivity contribution in [2.24, 2.45) is 0 Å². The molecule has 0 aliphatic heterocycles. The highest BCUT2D eigenvalue weighted by atomic mass is 16.6. The van der Waals surface area contributed by atoms with E-state index in [2.05, 4.69) is 29.4 Å². The van der Waals surface area contributed by atoms with Crippen LogP contribution in [0.4, 0.5) is 4.79 Å². The van der Waals surface area contributed by atoms with E-state index in [1.165, 1.54) is 5.56 Å². The second kappa shape index (κ2) is 6.64. The van der Waals surface area contributed by atoms with Crippen LogP contribution in [0.2, 0.25) is 0 Å². The summed E-state index contributed by atoms with van der Waals surface area (Å²) in [5.74, 6) is 0. The third kappa shape index (κ3) is 4.62. The summed E-state index contributed by atoms with van der Waals surface area (Å²) in [5.41, 5.74) is 2.84. The molecule has 2 rings (SSSR count). The first kappa shape index (κ1) is 16.1. The van der Waals surface area contributed by atoms with Gasteiger partial charge in [0.15, 0.2) is 0 Å². The molecule has 0 radical (unpaired) electrons.